The number of aromatic nitrogens is 1. The fraction of sp³-hybridized carbons (Fsp3) is 0.750. The average molecular weight is 224 g/mol. The molecule has 0 aromatic carbocycles. The molecule has 1 aromatic rings. The monoisotopic (exact) mass is 224 g/mol. The molecular formula is C12H20N2O2. The Labute approximate surface area is 96.4 Å². The molecule has 0 amide bonds. The third-order valence-electron chi connectivity index (χ3n) is 2.83. The standard InChI is InChI=1S/C12H20N2O2/c1-8(2)13-6-12-14-5-11(16-12)10-4-9(3)15-7-10/h5,8-10,13H,4,6-7H2,1-3H3. The highest BCUT2D eigenvalue weighted by atomic mass is 16.5. The first-order valence-corrected chi connectivity index (χ1v) is 5.94. The van der Waals surface area contributed by atoms with Crippen molar-refractivity contribution >= 4 is 0 Å². The van der Waals surface area contributed by atoms with Crippen LogP contribution in [-0.2, 0) is 11.3 Å². The van der Waals surface area contributed by atoms with E-state index >= 15 is 0 Å². The molecule has 0 spiro atoms. The van der Waals surface area contributed by atoms with Gasteiger partial charge in [0, 0.05) is 12.0 Å². The summed E-state index contributed by atoms with van der Waals surface area (Å²) >= 11 is 0. The lowest BCUT2D eigenvalue weighted by Gasteiger charge is -2.05. The molecule has 1 aliphatic rings. The van der Waals surface area contributed by atoms with E-state index in [4.69, 9.17) is 9.15 Å². The van der Waals surface area contributed by atoms with Crippen molar-refractivity contribution in [1.82, 2.24) is 10.3 Å². The molecule has 1 saturated heterocycles. The Morgan fingerprint density at radius 2 is 2.38 bits per heavy atom. The zero-order valence-electron chi connectivity index (χ0n) is 10.2. The Hall–Kier alpha value is -0.870. The lowest BCUT2D eigenvalue weighted by molar-refractivity contribution is 0.122. The Morgan fingerprint density at radius 3 is 3.00 bits per heavy atom. The maximum absolute atomic E-state index is 5.71. The van der Waals surface area contributed by atoms with E-state index in [0.29, 0.717) is 24.6 Å². The van der Waals surface area contributed by atoms with Crippen LogP contribution < -0.4 is 5.32 Å². The van der Waals surface area contributed by atoms with E-state index in [2.05, 4.69) is 31.1 Å². The molecule has 1 aliphatic heterocycles. The van der Waals surface area contributed by atoms with Crippen molar-refractivity contribution in [3.63, 3.8) is 0 Å². The second-order valence-corrected chi connectivity index (χ2v) is 4.77. The molecule has 0 aliphatic carbocycles. The first-order valence-electron chi connectivity index (χ1n) is 5.94. The van der Waals surface area contributed by atoms with Gasteiger partial charge in [-0.1, -0.05) is 13.8 Å². The van der Waals surface area contributed by atoms with Crippen molar-refractivity contribution in [3.05, 3.63) is 17.8 Å². The van der Waals surface area contributed by atoms with Crippen molar-refractivity contribution in [2.45, 2.75) is 51.8 Å². The van der Waals surface area contributed by atoms with Gasteiger partial charge in [-0.2, -0.15) is 0 Å². The number of hydrogen-bond acceptors (Lipinski definition) is 4. The molecule has 0 saturated carbocycles. The Kier molecular flexibility index (Phi) is 3.61. The minimum atomic E-state index is 0.340. The number of oxazole rings is 1. The minimum Gasteiger partial charge on any atom is -0.444 e. The molecule has 1 aromatic heterocycles. The topological polar surface area (TPSA) is 47.3 Å². The fourth-order valence-corrected chi connectivity index (χ4v) is 1.90. The van der Waals surface area contributed by atoms with Gasteiger partial charge in [-0.3, -0.25) is 0 Å². The number of rotatable bonds is 4. The zero-order valence-corrected chi connectivity index (χ0v) is 10.2. The highest BCUT2D eigenvalue weighted by Gasteiger charge is 2.26. The summed E-state index contributed by atoms with van der Waals surface area (Å²) in [6.07, 6.45) is 3.21. The minimum absolute atomic E-state index is 0.340. The Balaban J connectivity index is 1.91. The summed E-state index contributed by atoms with van der Waals surface area (Å²) in [5.41, 5.74) is 0. The van der Waals surface area contributed by atoms with Crippen LogP contribution in [0.3, 0.4) is 0 Å². The van der Waals surface area contributed by atoms with E-state index in [1.165, 1.54) is 0 Å². The normalized spacial score (nSPS) is 25.5. The van der Waals surface area contributed by atoms with Crippen molar-refractivity contribution < 1.29 is 9.15 Å². The summed E-state index contributed by atoms with van der Waals surface area (Å²) < 4.78 is 11.2. The predicted octanol–water partition coefficient (Wildman–Crippen LogP) is 2.06. The maximum Gasteiger partial charge on any atom is 0.208 e. The molecule has 2 rings (SSSR count). The highest BCUT2D eigenvalue weighted by molar-refractivity contribution is 5.04. The smallest absolute Gasteiger partial charge is 0.208 e. The van der Waals surface area contributed by atoms with Crippen LogP contribution in [0.2, 0.25) is 0 Å². The Bertz CT molecular complexity index is 336. The van der Waals surface area contributed by atoms with Gasteiger partial charge < -0.3 is 14.5 Å². The Morgan fingerprint density at radius 1 is 1.56 bits per heavy atom. The van der Waals surface area contributed by atoms with Crippen molar-refractivity contribution in [1.29, 1.82) is 0 Å². The van der Waals surface area contributed by atoms with Crippen LogP contribution in [-0.4, -0.2) is 23.7 Å². The molecule has 4 heteroatoms. The van der Waals surface area contributed by atoms with Crippen LogP contribution >= 0.6 is 0 Å². The SMILES string of the molecule is CC(C)NCc1ncc(C2COC(C)C2)o1. The summed E-state index contributed by atoms with van der Waals surface area (Å²) in [4.78, 5) is 4.27. The number of hydrogen-bond donors (Lipinski definition) is 1. The van der Waals surface area contributed by atoms with Crippen molar-refractivity contribution in [2.24, 2.45) is 0 Å². The van der Waals surface area contributed by atoms with Gasteiger partial charge in [0.15, 0.2) is 0 Å². The van der Waals surface area contributed by atoms with Gasteiger partial charge in [0.1, 0.15) is 5.76 Å². The largest absolute Gasteiger partial charge is 0.444 e. The first kappa shape index (κ1) is 11.6. The van der Waals surface area contributed by atoms with Gasteiger partial charge in [0.25, 0.3) is 0 Å². The average Bonchev–Trinajstić information content (AvgIpc) is 2.83. The molecular weight excluding hydrogens is 204 g/mol. The number of nitrogens with one attached hydrogen (secondary N) is 1. The number of ether oxygens (including phenoxy) is 1. The maximum atomic E-state index is 5.71. The molecule has 0 radical (unpaired) electrons. The molecule has 0 bridgehead atoms. The third-order valence-corrected chi connectivity index (χ3v) is 2.83. The highest BCUT2D eigenvalue weighted by Crippen LogP contribution is 2.29. The summed E-state index contributed by atoms with van der Waals surface area (Å²) in [7, 11) is 0. The van der Waals surface area contributed by atoms with Crippen LogP contribution in [0, 0.1) is 0 Å². The molecule has 16 heavy (non-hydrogen) atoms. The molecule has 2 atom stereocenters. The van der Waals surface area contributed by atoms with Crippen LogP contribution in [0.5, 0.6) is 0 Å². The van der Waals surface area contributed by atoms with Gasteiger partial charge in [0.2, 0.25) is 5.89 Å². The summed E-state index contributed by atoms with van der Waals surface area (Å²) in [6, 6.07) is 0.449. The van der Waals surface area contributed by atoms with Gasteiger partial charge in [-0.15, -0.1) is 0 Å². The van der Waals surface area contributed by atoms with Gasteiger partial charge in [-0.05, 0) is 13.3 Å². The van der Waals surface area contributed by atoms with Crippen molar-refractivity contribution in [3.8, 4) is 0 Å². The molecule has 2 unspecified atom stereocenters. The fourth-order valence-electron chi connectivity index (χ4n) is 1.90. The molecule has 2 heterocycles. The van der Waals surface area contributed by atoms with Crippen LogP contribution in [0.25, 0.3) is 0 Å². The van der Waals surface area contributed by atoms with Gasteiger partial charge in [0.05, 0.1) is 25.5 Å². The van der Waals surface area contributed by atoms with E-state index in [-0.39, 0.29) is 0 Å². The third kappa shape index (κ3) is 2.83. The van der Waals surface area contributed by atoms with Gasteiger partial charge in [-0.25, -0.2) is 4.98 Å². The molecule has 90 valence electrons. The predicted molar refractivity (Wildman–Crippen MR) is 61.3 cm³/mol. The van der Waals surface area contributed by atoms with Crippen LogP contribution in [0.15, 0.2) is 10.6 Å². The van der Waals surface area contributed by atoms with E-state index in [0.717, 1.165) is 24.7 Å². The zero-order chi connectivity index (χ0) is 11.5. The summed E-state index contributed by atoms with van der Waals surface area (Å²) in [5.74, 6) is 2.11. The van der Waals surface area contributed by atoms with E-state index < -0.39 is 0 Å². The lowest BCUT2D eigenvalue weighted by atomic mass is 10.0. The van der Waals surface area contributed by atoms with Crippen LogP contribution in [0.1, 0.15) is 44.8 Å². The first-order chi connectivity index (χ1) is 7.65. The quantitative estimate of drug-likeness (QED) is 0.850. The lowest BCUT2D eigenvalue weighted by Crippen LogP contribution is -2.21. The van der Waals surface area contributed by atoms with Gasteiger partial charge >= 0.3 is 0 Å². The molecule has 1 N–H and O–H groups in total. The molecule has 4 nitrogen and oxygen atoms in total. The summed E-state index contributed by atoms with van der Waals surface area (Å²) in [6.45, 7) is 7.76. The summed E-state index contributed by atoms with van der Waals surface area (Å²) in [5, 5.41) is 3.29. The van der Waals surface area contributed by atoms with E-state index in [1.54, 1.807) is 0 Å². The molecule has 1 fully saturated rings. The number of nitrogens with zero attached hydrogens (tertiary/aromatic N) is 1. The second kappa shape index (κ2) is 4.97. The van der Waals surface area contributed by atoms with E-state index in [1.807, 2.05) is 6.20 Å². The van der Waals surface area contributed by atoms with Crippen molar-refractivity contribution in [2.75, 3.05) is 6.61 Å². The second-order valence-electron chi connectivity index (χ2n) is 4.77. The van der Waals surface area contributed by atoms with Crippen LogP contribution in [0.4, 0.5) is 0 Å². The van der Waals surface area contributed by atoms with E-state index in [9.17, 15) is 0 Å².